The predicted molar refractivity (Wildman–Crippen MR) is 91.1 cm³/mol. The van der Waals surface area contributed by atoms with Gasteiger partial charge in [0.15, 0.2) is 11.5 Å². The molecular weight excluding hydrogens is 290 g/mol. The van der Waals surface area contributed by atoms with E-state index < -0.39 is 119 Å². The van der Waals surface area contributed by atoms with Crippen molar-refractivity contribution in [1.82, 2.24) is 4.90 Å². The van der Waals surface area contributed by atoms with Crippen LogP contribution in [0.5, 0.6) is 11.5 Å². The Labute approximate surface area is 174 Å². The topological polar surface area (TPSA) is 41.9 Å². The number of nitrogens with zero attached hydrogens (tertiary/aromatic N) is 1. The van der Waals surface area contributed by atoms with Crippen LogP contribution in [0.15, 0.2) is 12.1 Å². The minimum atomic E-state index is -4.51. The van der Waals surface area contributed by atoms with Crippen LogP contribution in [-0.4, -0.2) is 43.2 Å². The van der Waals surface area contributed by atoms with E-state index in [4.69, 9.17) is 39.0 Å². The highest BCUT2D eigenvalue weighted by Crippen LogP contribution is 2.43. The van der Waals surface area contributed by atoms with Gasteiger partial charge >= 0.3 is 0 Å². The van der Waals surface area contributed by atoms with Crippen LogP contribution in [0, 0.1) is 11.8 Å². The van der Waals surface area contributed by atoms with Crippen molar-refractivity contribution in [3.05, 3.63) is 23.2 Å². The van der Waals surface area contributed by atoms with Gasteiger partial charge in [-0.3, -0.25) is 4.90 Å². The van der Waals surface area contributed by atoms with Crippen molar-refractivity contribution in [2.24, 2.45) is 11.8 Å². The van der Waals surface area contributed by atoms with Crippen LogP contribution < -0.4 is 9.47 Å². The second kappa shape index (κ2) is 6.70. The van der Waals surface area contributed by atoms with Gasteiger partial charge in [-0.1, -0.05) is 13.7 Å². The second-order valence-electron chi connectivity index (χ2n) is 4.64. The molecule has 4 nitrogen and oxygen atoms in total. The largest absolute Gasteiger partial charge is 0.493 e. The highest BCUT2D eigenvalue weighted by Gasteiger charge is 2.38. The summed E-state index contributed by atoms with van der Waals surface area (Å²) in [5.74, 6) is -11.5. The molecule has 3 atom stereocenters. The lowest BCUT2D eigenvalue weighted by atomic mass is 9.79. The number of methoxy groups -OCH3 is 2. The Bertz CT molecular complexity index is 1440. The summed E-state index contributed by atoms with van der Waals surface area (Å²) in [5, 5.41) is 11.5. The summed E-state index contributed by atoms with van der Waals surface area (Å²) in [7, 11) is -7.08. The highest BCUT2D eigenvalue weighted by atomic mass is 16.5. The van der Waals surface area contributed by atoms with Crippen molar-refractivity contribution < 1.29 is 48.8 Å². The zero-order chi connectivity index (χ0) is 38.2. The lowest BCUT2D eigenvalue weighted by Crippen LogP contribution is -2.48. The minimum absolute atomic E-state index is 0.0660. The lowest BCUT2D eigenvalue weighted by molar-refractivity contribution is -0.0191. The van der Waals surface area contributed by atoms with Crippen molar-refractivity contribution in [2.45, 2.75) is 44.9 Å². The number of hydrogen-bond donors (Lipinski definition) is 1. The number of hydrogen-bond acceptors (Lipinski definition) is 4. The van der Waals surface area contributed by atoms with Gasteiger partial charge in [0.1, 0.15) is 0 Å². The molecule has 2 aliphatic rings. The summed E-state index contributed by atoms with van der Waals surface area (Å²) in [6.07, 6.45) is -16.8. The predicted octanol–water partition coefficient (Wildman–Crippen LogP) is 3.03. The van der Waals surface area contributed by atoms with Gasteiger partial charge in [0.2, 0.25) is 0 Å². The van der Waals surface area contributed by atoms with Gasteiger partial charge in [-0.05, 0) is 54.1 Å². The summed E-state index contributed by atoms with van der Waals surface area (Å²) >= 11 is 0. The highest BCUT2D eigenvalue weighted by molar-refractivity contribution is 5.49. The van der Waals surface area contributed by atoms with Gasteiger partial charge in [-0.25, -0.2) is 0 Å². The van der Waals surface area contributed by atoms with Gasteiger partial charge in [-0.15, -0.1) is 0 Å². The van der Waals surface area contributed by atoms with Gasteiger partial charge < -0.3 is 14.6 Å². The fraction of sp³-hybridized carbons (Fsp3) is 0.684. The first-order chi connectivity index (χ1) is 20.7. The van der Waals surface area contributed by atoms with Crippen molar-refractivity contribution in [2.75, 3.05) is 27.1 Å². The lowest BCUT2D eigenvalue weighted by Gasteiger charge is -2.46. The molecule has 0 aromatic heterocycles. The first kappa shape index (κ1) is 3.94. The third-order valence-electron chi connectivity index (χ3n) is 3.24. The molecule has 0 aliphatic carbocycles. The van der Waals surface area contributed by atoms with E-state index in [1.54, 1.807) is 0 Å². The maximum absolute atomic E-state index is 11.5. The molecule has 128 valence electrons. The Morgan fingerprint density at radius 2 is 2.30 bits per heavy atom. The van der Waals surface area contributed by atoms with Crippen LogP contribution >= 0.6 is 0 Å². The molecule has 2 aliphatic heterocycles. The van der Waals surface area contributed by atoms with Crippen LogP contribution in [-0.2, 0) is 6.37 Å². The molecule has 4 heteroatoms. The van der Waals surface area contributed by atoms with Gasteiger partial charge in [0, 0.05) is 41.0 Å². The quantitative estimate of drug-likeness (QED) is 0.911. The zero-order valence-electron chi connectivity index (χ0n) is 36.5. The number of rotatable bonds is 4. The summed E-state index contributed by atoms with van der Waals surface area (Å²) < 4.78 is 213. The molecule has 1 N–H and O–H groups in total. The minimum Gasteiger partial charge on any atom is -0.493 e. The standard InChI is InChI=1S/C19H29NO3/c1-12(2)7-14-11-20-6-5-13-8-18(22-3)19(23-4)9-15(13)16(20)10-17(14)21/h8-9,12,14,16-17,21H,5-7,10-11H2,1-4H3/i1D3,2D3,3D3,4D3,5D2,6D2,7D2,8D,9D,10D2,12D,14D,17D. The smallest absolute Gasteiger partial charge is 0.161 e. The van der Waals surface area contributed by atoms with E-state index in [1.165, 1.54) is 0 Å². The molecular formula is C19H29NO3. The summed E-state index contributed by atoms with van der Waals surface area (Å²) in [6.45, 7) is -14.1. The molecule has 2 heterocycles. The number of benzene rings is 1. The van der Waals surface area contributed by atoms with Crippen LogP contribution in [0.3, 0.4) is 0 Å². The molecule has 1 fully saturated rings. The molecule has 3 rings (SSSR count). The van der Waals surface area contributed by atoms with Gasteiger partial charge in [0.25, 0.3) is 0 Å². The van der Waals surface area contributed by atoms with Crippen LogP contribution in [0.4, 0.5) is 0 Å². The fourth-order valence-corrected chi connectivity index (χ4v) is 2.27. The Hall–Kier alpha value is -1.26. The van der Waals surface area contributed by atoms with E-state index in [1.807, 2.05) is 0 Å². The van der Waals surface area contributed by atoms with Crippen molar-refractivity contribution >= 4 is 0 Å². The first-order valence-electron chi connectivity index (χ1n) is 18.8. The van der Waals surface area contributed by atoms with Gasteiger partial charge in [0.05, 0.1) is 32.5 Å². The first-order valence-corrected chi connectivity index (χ1v) is 6.27. The summed E-state index contributed by atoms with van der Waals surface area (Å²) in [4.78, 5) is -0.0660. The van der Waals surface area contributed by atoms with Gasteiger partial charge in [-0.2, -0.15) is 0 Å². The number of ether oxygens (including phenoxy) is 2. The summed E-state index contributed by atoms with van der Waals surface area (Å²) in [6, 6.07) is -5.70. The third kappa shape index (κ3) is 3.20. The summed E-state index contributed by atoms with van der Waals surface area (Å²) in [5.41, 5.74) is -2.59. The number of piperidine rings is 1. The van der Waals surface area contributed by atoms with E-state index in [2.05, 4.69) is 4.74 Å². The molecule has 1 saturated heterocycles. The molecule has 0 radical (unpaired) electrons. The van der Waals surface area contributed by atoms with Crippen molar-refractivity contribution in [3.8, 4) is 11.5 Å². The molecule has 1 aromatic rings. The van der Waals surface area contributed by atoms with E-state index in [9.17, 15) is 5.11 Å². The Kier molecular flexibility index (Phi) is 1.15. The Morgan fingerprint density at radius 3 is 3.04 bits per heavy atom. The molecule has 23 heavy (non-hydrogen) atoms. The van der Waals surface area contributed by atoms with Crippen molar-refractivity contribution in [1.29, 1.82) is 0 Å². The molecule has 0 amide bonds. The van der Waals surface area contributed by atoms with E-state index in [-0.39, 0.29) is 4.90 Å². The second-order valence-corrected chi connectivity index (χ2v) is 4.64. The average molecular weight is 345 g/mol. The average Bonchev–Trinajstić information content (AvgIpc) is 2.82. The van der Waals surface area contributed by atoms with Crippen LogP contribution in [0.25, 0.3) is 0 Å². The van der Waals surface area contributed by atoms with E-state index >= 15 is 0 Å². The SMILES string of the molecule is [2H]c1c(OC([2H])([2H])[2H])c(OC([2H])([2H])[2H])c([2H])c2c1C1N(CC([2H])(C([2H])([2H])C([2H])(C([2H])([2H])[2H])C([2H])([2H])[2H])C([2H])(O)C1([2H])[2H])C([2H])([2H])C2([2H])[2H]. The Morgan fingerprint density at radius 1 is 1.52 bits per heavy atom. The van der Waals surface area contributed by atoms with Crippen LogP contribution in [0.2, 0.25) is 0 Å². The van der Waals surface area contributed by atoms with E-state index in [0.29, 0.717) is 0 Å². The molecule has 0 bridgehead atoms. The van der Waals surface area contributed by atoms with E-state index in [0.717, 1.165) is 0 Å². The normalized spacial score (nSPS) is 59.7. The zero-order valence-corrected chi connectivity index (χ0v) is 11.5. The molecule has 0 spiro atoms. The maximum atomic E-state index is 11.5. The van der Waals surface area contributed by atoms with Crippen LogP contribution in [0.1, 0.15) is 77.9 Å². The maximum Gasteiger partial charge on any atom is 0.161 e. The molecule has 3 unspecified atom stereocenters. The molecule has 1 aromatic carbocycles. The Balaban J connectivity index is 2.58. The monoisotopic (exact) mass is 344 g/mol. The molecule has 0 saturated carbocycles. The van der Waals surface area contributed by atoms with Crippen molar-refractivity contribution in [3.63, 3.8) is 0 Å². The third-order valence-corrected chi connectivity index (χ3v) is 3.24. The number of aliphatic hydroxyl groups is 1. The fourth-order valence-electron chi connectivity index (χ4n) is 2.27. The number of fused-ring (bicyclic) bond motifs is 3.